The molecule has 2 heterocycles. The molecular formula is C17H15Br2N3. The van der Waals surface area contributed by atoms with Gasteiger partial charge in [0, 0.05) is 11.8 Å². The highest BCUT2D eigenvalue weighted by Crippen LogP contribution is 2.27. The molecule has 0 saturated carbocycles. The maximum absolute atomic E-state index is 4.71. The highest BCUT2D eigenvalue weighted by molar-refractivity contribution is 9.11. The molecule has 112 valence electrons. The van der Waals surface area contributed by atoms with Gasteiger partial charge in [-0.2, -0.15) is 5.10 Å². The average molecular weight is 421 g/mol. The van der Waals surface area contributed by atoms with Crippen molar-refractivity contribution >= 4 is 31.9 Å². The molecule has 3 nitrogen and oxygen atoms in total. The van der Waals surface area contributed by atoms with E-state index in [-0.39, 0.29) is 0 Å². The predicted molar refractivity (Wildman–Crippen MR) is 96.4 cm³/mol. The lowest BCUT2D eigenvalue weighted by molar-refractivity contribution is 0.877. The fraction of sp³-hybridized carbons (Fsp3) is 0.176. The summed E-state index contributed by atoms with van der Waals surface area (Å²) in [5.41, 5.74) is 7.02. The Balaban J connectivity index is 2.06. The van der Waals surface area contributed by atoms with Crippen LogP contribution >= 0.6 is 31.9 Å². The lowest BCUT2D eigenvalue weighted by atomic mass is 9.97. The second-order valence-corrected chi connectivity index (χ2v) is 6.92. The molecule has 0 bridgehead atoms. The summed E-state index contributed by atoms with van der Waals surface area (Å²) >= 11 is 6.82. The molecule has 0 amide bonds. The Morgan fingerprint density at radius 1 is 0.909 bits per heavy atom. The highest BCUT2D eigenvalue weighted by atomic mass is 79.9. The Bertz CT molecular complexity index is 833. The van der Waals surface area contributed by atoms with Crippen LogP contribution in [0.15, 0.2) is 45.7 Å². The highest BCUT2D eigenvalue weighted by Gasteiger charge is 2.10. The van der Waals surface area contributed by atoms with E-state index in [1.807, 2.05) is 29.1 Å². The summed E-state index contributed by atoms with van der Waals surface area (Å²) in [6.45, 7) is 6.44. The Hall–Kier alpha value is -1.46. The first-order chi connectivity index (χ1) is 10.5. The van der Waals surface area contributed by atoms with Crippen molar-refractivity contribution in [3.05, 3.63) is 62.4 Å². The van der Waals surface area contributed by atoms with E-state index in [9.17, 15) is 0 Å². The van der Waals surface area contributed by atoms with Crippen molar-refractivity contribution in [2.75, 3.05) is 0 Å². The normalized spacial score (nSPS) is 11.0. The van der Waals surface area contributed by atoms with Gasteiger partial charge < -0.3 is 0 Å². The van der Waals surface area contributed by atoms with Gasteiger partial charge in [-0.3, -0.25) is 0 Å². The summed E-state index contributed by atoms with van der Waals surface area (Å²) in [6.07, 6.45) is 1.97. The van der Waals surface area contributed by atoms with E-state index in [0.29, 0.717) is 0 Å². The van der Waals surface area contributed by atoms with Gasteiger partial charge in [-0.1, -0.05) is 12.1 Å². The first kappa shape index (κ1) is 15.4. The molecule has 0 aliphatic heterocycles. The van der Waals surface area contributed by atoms with Crippen LogP contribution in [-0.4, -0.2) is 14.8 Å². The van der Waals surface area contributed by atoms with Crippen LogP contribution in [0.1, 0.15) is 16.7 Å². The molecule has 5 heteroatoms. The van der Waals surface area contributed by atoms with Gasteiger partial charge in [0.15, 0.2) is 0 Å². The zero-order chi connectivity index (χ0) is 15.9. The van der Waals surface area contributed by atoms with Crippen LogP contribution in [0.4, 0.5) is 0 Å². The summed E-state index contributed by atoms with van der Waals surface area (Å²) in [5, 5.41) is 4.71. The van der Waals surface area contributed by atoms with Crippen LogP contribution < -0.4 is 0 Å². The minimum absolute atomic E-state index is 0.774. The molecule has 0 fully saturated rings. The number of pyridine rings is 1. The summed E-state index contributed by atoms with van der Waals surface area (Å²) < 4.78 is 3.41. The van der Waals surface area contributed by atoms with E-state index in [1.54, 1.807) is 0 Å². The van der Waals surface area contributed by atoms with Crippen molar-refractivity contribution < 1.29 is 0 Å². The van der Waals surface area contributed by atoms with Crippen molar-refractivity contribution in [2.24, 2.45) is 0 Å². The molecule has 0 spiro atoms. The van der Waals surface area contributed by atoms with Crippen LogP contribution in [0.2, 0.25) is 0 Å². The quantitative estimate of drug-likeness (QED) is 0.520. The molecule has 2 aromatic heterocycles. The lowest BCUT2D eigenvalue weighted by Gasteiger charge is -2.09. The number of rotatable bonds is 2. The van der Waals surface area contributed by atoms with E-state index < -0.39 is 0 Å². The second kappa shape index (κ2) is 5.97. The summed E-state index contributed by atoms with van der Waals surface area (Å²) in [4.78, 5) is 4.25. The van der Waals surface area contributed by atoms with Gasteiger partial charge in [0.05, 0.1) is 11.4 Å². The van der Waals surface area contributed by atoms with E-state index in [0.717, 1.165) is 20.6 Å². The fourth-order valence-corrected chi connectivity index (χ4v) is 3.52. The maximum Gasteiger partial charge on any atom is 0.109 e. The van der Waals surface area contributed by atoms with Crippen LogP contribution in [0.3, 0.4) is 0 Å². The molecule has 22 heavy (non-hydrogen) atoms. The molecule has 0 N–H and O–H groups in total. The predicted octanol–water partition coefficient (Wildman–Crippen LogP) is 5.38. The minimum Gasteiger partial charge on any atom is -0.240 e. The molecule has 0 atom stereocenters. The topological polar surface area (TPSA) is 30.7 Å². The van der Waals surface area contributed by atoms with Crippen molar-refractivity contribution in [1.29, 1.82) is 0 Å². The molecule has 0 radical (unpaired) electrons. The Kier molecular flexibility index (Phi) is 4.19. The van der Waals surface area contributed by atoms with Gasteiger partial charge >= 0.3 is 0 Å². The molecule has 3 aromatic rings. The van der Waals surface area contributed by atoms with E-state index in [2.05, 4.69) is 69.7 Å². The number of hydrogen-bond acceptors (Lipinski definition) is 2. The first-order valence-corrected chi connectivity index (χ1v) is 8.50. The smallest absolute Gasteiger partial charge is 0.109 e. The average Bonchev–Trinajstić information content (AvgIpc) is 2.93. The SMILES string of the molecule is Cc1ccc(-c2ccn(-c3cc(Br)nc(Br)c3)n2)c(C)c1C. The largest absolute Gasteiger partial charge is 0.240 e. The van der Waals surface area contributed by atoms with Gasteiger partial charge in [-0.05, 0) is 87.5 Å². The number of aryl methyl sites for hydroxylation is 1. The molecular weight excluding hydrogens is 406 g/mol. The standard InChI is InChI=1S/C17H15Br2N3/c1-10-4-5-14(12(3)11(10)2)15-6-7-22(21-15)13-8-16(18)20-17(19)9-13/h4-9H,1-3H3. The summed E-state index contributed by atoms with van der Waals surface area (Å²) in [7, 11) is 0. The molecule has 0 aliphatic carbocycles. The minimum atomic E-state index is 0.774. The van der Waals surface area contributed by atoms with Gasteiger partial charge in [0.25, 0.3) is 0 Å². The number of nitrogens with zero attached hydrogens (tertiary/aromatic N) is 3. The third kappa shape index (κ3) is 2.88. The van der Waals surface area contributed by atoms with Crippen LogP contribution in [0.25, 0.3) is 16.9 Å². The van der Waals surface area contributed by atoms with Crippen molar-refractivity contribution in [2.45, 2.75) is 20.8 Å². The molecule has 1 aromatic carbocycles. The molecule has 0 saturated heterocycles. The number of benzene rings is 1. The monoisotopic (exact) mass is 419 g/mol. The van der Waals surface area contributed by atoms with Gasteiger partial charge in [0.2, 0.25) is 0 Å². The fourth-order valence-electron chi connectivity index (χ4n) is 2.43. The number of hydrogen-bond donors (Lipinski definition) is 0. The van der Waals surface area contributed by atoms with Crippen molar-refractivity contribution in [3.63, 3.8) is 0 Å². The summed E-state index contributed by atoms with van der Waals surface area (Å²) in [6, 6.07) is 10.2. The first-order valence-electron chi connectivity index (χ1n) is 6.92. The van der Waals surface area contributed by atoms with E-state index in [1.165, 1.54) is 22.3 Å². The molecule has 0 aliphatic rings. The number of halogens is 2. The van der Waals surface area contributed by atoms with Crippen molar-refractivity contribution in [3.8, 4) is 16.9 Å². The van der Waals surface area contributed by atoms with Gasteiger partial charge in [-0.15, -0.1) is 0 Å². The molecule has 0 unspecified atom stereocenters. The van der Waals surface area contributed by atoms with Crippen molar-refractivity contribution in [1.82, 2.24) is 14.8 Å². The van der Waals surface area contributed by atoms with Crippen LogP contribution in [0, 0.1) is 20.8 Å². The van der Waals surface area contributed by atoms with Gasteiger partial charge in [0.1, 0.15) is 9.21 Å². The zero-order valence-electron chi connectivity index (χ0n) is 12.6. The lowest BCUT2D eigenvalue weighted by Crippen LogP contribution is -1.97. The van der Waals surface area contributed by atoms with Crippen LogP contribution in [-0.2, 0) is 0 Å². The maximum atomic E-state index is 4.71. The summed E-state index contributed by atoms with van der Waals surface area (Å²) in [5.74, 6) is 0. The Morgan fingerprint density at radius 3 is 2.27 bits per heavy atom. The Morgan fingerprint density at radius 2 is 1.59 bits per heavy atom. The van der Waals surface area contributed by atoms with E-state index in [4.69, 9.17) is 5.10 Å². The third-order valence-electron chi connectivity index (χ3n) is 3.94. The third-order valence-corrected chi connectivity index (χ3v) is 4.75. The zero-order valence-corrected chi connectivity index (χ0v) is 15.7. The Labute approximate surface area is 146 Å². The van der Waals surface area contributed by atoms with E-state index >= 15 is 0 Å². The second-order valence-electron chi connectivity index (χ2n) is 5.30. The van der Waals surface area contributed by atoms with Crippen LogP contribution in [0.5, 0.6) is 0 Å². The molecule has 3 rings (SSSR count). The van der Waals surface area contributed by atoms with Gasteiger partial charge in [-0.25, -0.2) is 9.67 Å². The number of aromatic nitrogens is 3.